The topological polar surface area (TPSA) is 38.9 Å². The monoisotopic (exact) mass is 340 g/mol. The van der Waals surface area contributed by atoms with Crippen LogP contribution in [0.25, 0.3) is 11.3 Å². The van der Waals surface area contributed by atoms with Gasteiger partial charge in [-0.15, -0.1) is 0 Å². The van der Waals surface area contributed by atoms with E-state index in [0.29, 0.717) is 11.8 Å². The number of alkyl halides is 3. The maximum atomic E-state index is 12.5. The van der Waals surface area contributed by atoms with Gasteiger partial charge in [0.15, 0.2) is 0 Å². The number of hydrogen-bond donors (Lipinski definition) is 1. The summed E-state index contributed by atoms with van der Waals surface area (Å²) < 4.78 is 37.6. The molecule has 0 saturated carbocycles. The van der Waals surface area contributed by atoms with Crippen LogP contribution >= 0.6 is 34.8 Å². The van der Waals surface area contributed by atoms with E-state index < -0.39 is 11.7 Å². The van der Waals surface area contributed by atoms with Crippen molar-refractivity contribution in [3.8, 4) is 11.3 Å². The molecule has 106 valence electrons. The van der Waals surface area contributed by atoms with E-state index in [4.69, 9.17) is 40.5 Å². The normalized spacial score (nSPS) is 11.7. The van der Waals surface area contributed by atoms with Gasteiger partial charge in [0.05, 0.1) is 32.0 Å². The Labute approximate surface area is 127 Å². The first-order valence-electron chi connectivity index (χ1n) is 5.18. The Bertz CT molecular complexity index is 672. The molecule has 2 rings (SSSR count). The van der Waals surface area contributed by atoms with Crippen LogP contribution in [0.1, 0.15) is 5.56 Å². The first kappa shape index (κ1) is 15.2. The van der Waals surface area contributed by atoms with Gasteiger partial charge in [-0.05, 0) is 18.2 Å². The van der Waals surface area contributed by atoms with Crippen molar-refractivity contribution in [3.63, 3.8) is 0 Å². The number of nitrogens with zero attached hydrogens (tertiary/aromatic N) is 1. The highest BCUT2D eigenvalue weighted by Gasteiger charge is 2.31. The minimum atomic E-state index is -4.51. The molecule has 2 nitrogen and oxygen atoms in total. The Hall–Kier alpha value is -1.17. The molecule has 1 aromatic heterocycles. The highest BCUT2D eigenvalue weighted by molar-refractivity contribution is 6.44. The quantitative estimate of drug-likeness (QED) is 0.714. The number of nitrogens with two attached hydrogens (primary N) is 1. The molecule has 0 aliphatic carbocycles. The first-order valence-corrected chi connectivity index (χ1v) is 6.31. The molecule has 1 heterocycles. The fraction of sp³-hybridized carbons (Fsp3) is 0.0833. The van der Waals surface area contributed by atoms with Gasteiger partial charge in [0.2, 0.25) is 0 Å². The van der Waals surface area contributed by atoms with Crippen molar-refractivity contribution in [2.24, 2.45) is 0 Å². The van der Waals surface area contributed by atoms with Gasteiger partial charge in [-0.3, -0.25) is 4.98 Å². The first-order chi connectivity index (χ1) is 9.20. The average molecular weight is 342 g/mol. The van der Waals surface area contributed by atoms with Crippen molar-refractivity contribution in [1.29, 1.82) is 0 Å². The molecule has 0 amide bonds. The Morgan fingerprint density at radius 3 is 2.10 bits per heavy atom. The van der Waals surface area contributed by atoms with E-state index >= 15 is 0 Å². The van der Waals surface area contributed by atoms with E-state index in [1.54, 1.807) is 0 Å². The summed E-state index contributed by atoms with van der Waals surface area (Å²) in [6.07, 6.45) is -3.83. The van der Waals surface area contributed by atoms with Gasteiger partial charge < -0.3 is 5.73 Å². The lowest BCUT2D eigenvalue weighted by molar-refractivity contribution is -0.137. The third-order valence-electron chi connectivity index (χ3n) is 2.51. The molecule has 0 saturated heterocycles. The third kappa shape index (κ3) is 2.95. The second kappa shape index (κ2) is 5.31. The molecule has 0 radical (unpaired) electrons. The number of hydrogen-bond acceptors (Lipinski definition) is 2. The second-order valence-corrected chi connectivity index (χ2v) is 5.13. The molecule has 8 heteroatoms. The largest absolute Gasteiger partial charge is 0.417 e. The number of rotatable bonds is 1. The second-order valence-electron chi connectivity index (χ2n) is 3.91. The van der Waals surface area contributed by atoms with Crippen LogP contribution in [-0.2, 0) is 6.18 Å². The lowest BCUT2D eigenvalue weighted by atomic mass is 10.1. The fourth-order valence-electron chi connectivity index (χ4n) is 1.57. The van der Waals surface area contributed by atoms with Gasteiger partial charge in [0, 0.05) is 11.8 Å². The van der Waals surface area contributed by atoms with E-state index in [1.165, 1.54) is 12.1 Å². The van der Waals surface area contributed by atoms with Crippen LogP contribution in [-0.4, -0.2) is 4.98 Å². The molecule has 0 spiro atoms. The molecule has 1 aromatic carbocycles. The van der Waals surface area contributed by atoms with E-state index in [1.807, 2.05) is 0 Å². The Morgan fingerprint density at radius 1 is 0.950 bits per heavy atom. The molecule has 0 atom stereocenters. The summed E-state index contributed by atoms with van der Waals surface area (Å²) in [5, 5.41) is 0.622. The van der Waals surface area contributed by atoms with Crippen LogP contribution in [0.3, 0.4) is 0 Å². The van der Waals surface area contributed by atoms with Crippen molar-refractivity contribution >= 4 is 40.5 Å². The maximum absolute atomic E-state index is 12.5. The van der Waals surface area contributed by atoms with Gasteiger partial charge in [-0.1, -0.05) is 34.8 Å². The molecule has 0 bridgehead atoms. The zero-order valence-electron chi connectivity index (χ0n) is 9.60. The molecular formula is C12H6Cl3F3N2. The standard InChI is InChI=1S/C12H6Cl3F3N2/c13-7-3-9(15)8(14)2-6(7)11-10(19)1-5(4-20-11)12(16,17)18/h1-4H,19H2. The Balaban J connectivity index is 2.57. The fourth-order valence-corrected chi connectivity index (χ4v) is 2.20. The smallest absolute Gasteiger partial charge is 0.397 e. The summed E-state index contributed by atoms with van der Waals surface area (Å²) in [7, 11) is 0. The van der Waals surface area contributed by atoms with E-state index in [-0.39, 0.29) is 26.4 Å². The maximum Gasteiger partial charge on any atom is 0.417 e. The lowest BCUT2D eigenvalue weighted by Gasteiger charge is -2.11. The highest BCUT2D eigenvalue weighted by Crippen LogP contribution is 2.38. The van der Waals surface area contributed by atoms with Crippen molar-refractivity contribution < 1.29 is 13.2 Å². The van der Waals surface area contributed by atoms with Crippen LogP contribution in [0.15, 0.2) is 24.4 Å². The SMILES string of the molecule is Nc1cc(C(F)(F)F)cnc1-c1cc(Cl)c(Cl)cc1Cl. The van der Waals surface area contributed by atoms with Gasteiger partial charge in [0.25, 0.3) is 0 Å². The lowest BCUT2D eigenvalue weighted by Crippen LogP contribution is -2.07. The molecule has 20 heavy (non-hydrogen) atoms. The molecule has 0 unspecified atom stereocenters. The highest BCUT2D eigenvalue weighted by atomic mass is 35.5. The molecule has 2 aromatic rings. The van der Waals surface area contributed by atoms with Crippen molar-refractivity contribution in [3.05, 3.63) is 45.0 Å². The zero-order chi connectivity index (χ0) is 15.1. The van der Waals surface area contributed by atoms with Crippen LogP contribution in [0.5, 0.6) is 0 Å². The number of nitrogen functional groups attached to an aromatic ring is 1. The minimum absolute atomic E-state index is 0.113. The van der Waals surface area contributed by atoms with Gasteiger partial charge in [-0.2, -0.15) is 13.2 Å². The molecule has 0 aliphatic heterocycles. The van der Waals surface area contributed by atoms with Crippen molar-refractivity contribution in [1.82, 2.24) is 4.98 Å². The number of benzene rings is 1. The van der Waals surface area contributed by atoms with Gasteiger partial charge >= 0.3 is 6.18 Å². The molecular weight excluding hydrogens is 335 g/mol. The number of halogens is 6. The predicted molar refractivity (Wildman–Crippen MR) is 74.1 cm³/mol. The van der Waals surface area contributed by atoms with Gasteiger partial charge in [-0.25, -0.2) is 0 Å². The zero-order valence-corrected chi connectivity index (χ0v) is 11.9. The number of pyridine rings is 1. The molecule has 0 fully saturated rings. The third-order valence-corrected chi connectivity index (χ3v) is 3.54. The number of aromatic nitrogens is 1. The summed E-state index contributed by atoms with van der Waals surface area (Å²) in [5.74, 6) is 0. The summed E-state index contributed by atoms with van der Waals surface area (Å²) in [5.41, 5.74) is 4.95. The predicted octanol–water partition coefficient (Wildman–Crippen LogP) is 5.31. The number of anilines is 1. The van der Waals surface area contributed by atoms with Gasteiger partial charge in [0.1, 0.15) is 0 Å². The van der Waals surface area contributed by atoms with E-state index in [0.717, 1.165) is 6.07 Å². The molecule has 2 N–H and O–H groups in total. The van der Waals surface area contributed by atoms with E-state index in [9.17, 15) is 13.2 Å². The van der Waals surface area contributed by atoms with Crippen molar-refractivity contribution in [2.75, 3.05) is 5.73 Å². The summed E-state index contributed by atoms with van der Waals surface area (Å²) >= 11 is 17.6. The molecule has 0 aliphatic rings. The summed E-state index contributed by atoms with van der Waals surface area (Å²) in [6.45, 7) is 0. The minimum Gasteiger partial charge on any atom is -0.397 e. The summed E-state index contributed by atoms with van der Waals surface area (Å²) in [6, 6.07) is 3.57. The van der Waals surface area contributed by atoms with E-state index in [2.05, 4.69) is 4.98 Å². The Kier molecular flexibility index (Phi) is 4.04. The van der Waals surface area contributed by atoms with Crippen LogP contribution in [0.2, 0.25) is 15.1 Å². The van der Waals surface area contributed by atoms with Crippen molar-refractivity contribution in [2.45, 2.75) is 6.18 Å². The van der Waals surface area contributed by atoms with Crippen LogP contribution in [0, 0.1) is 0 Å². The Morgan fingerprint density at radius 2 is 1.55 bits per heavy atom. The summed E-state index contributed by atoms with van der Waals surface area (Å²) in [4.78, 5) is 3.72. The van der Waals surface area contributed by atoms with Crippen LogP contribution in [0.4, 0.5) is 18.9 Å². The van der Waals surface area contributed by atoms with Crippen LogP contribution < -0.4 is 5.73 Å². The average Bonchev–Trinajstić information content (AvgIpc) is 2.33.